The third kappa shape index (κ3) is 3.79. The number of amides is 2. The number of morpholine rings is 1. The van der Waals surface area contributed by atoms with E-state index >= 15 is 0 Å². The third-order valence-corrected chi connectivity index (χ3v) is 6.55. The van der Waals surface area contributed by atoms with E-state index in [0.717, 1.165) is 40.4 Å². The quantitative estimate of drug-likeness (QED) is 0.686. The van der Waals surface area contributed by atoms with Crippen molar-refractivity contribution in [3.63, 3.8) is 0 Å². The summed E-state index contributed by atoms with van der Waals surface area (Å²) in [5.41, 5.74) is 1.67. The molecule has 0 saturated carbocycles. The number of fused-ring (bicyclic) bond motifs is 3. The van der Waals surface area contributed by atoms with Crippen LogP contribution in [0, 0.1) is 6.92 Å². The lowest BCUT2D eigenvalue weighted by Crippen LogP contribution is -3.15. The van der Waals surface area contributed by atoms with E-state index in [-0.39, 0.29) is 11.8 Å². The molecule has 2 fully saturated rings. The van der Waals surface area contributed by atoms with Gasteiger partial charge in [-0.1, -0.05) is 36.4 Å². The fourth-order valence-electron chi connectivity index (χ4n) is 4.64. The van der Waals surface area contributed by atoms with Gasteiger partial charge >= 0.3 is 0 Å². The molecule has 1 aromatic heterocycles. The molecule has 0 spiro atoms. The predicted octanol–water partition coefficient (Wildman–Crippen LogP) is 1.09. The van der Waals surface area contributed by atoms with Gasteiger partial charge in [0.2, 0.25) is 0 Å². The van der Waals surface area contributed by atoms with Crippen molar-refractivity contribution in [1.29, 1.82) is 0 Å². The lowest BCUT2D eigenvalue weighted by Gasteiger charge is -2.33. The van der Waals surface area contributed by atoms with Gasteiger partial charge in [0.15, 0.2) is 12.3 Å². The van der Waals surface area contributed by atoms with Gasteiger partial charge in [0.25, 0.3) is 11.8 Å². The van der Waals surface area contributed by atoms with Crippen LogP contribution in [-0.4, -0.2) is 80.6 Å². The number of aryl methyl sites for hydroxylation is 1. The molecule has 5 rings (SSSR count). The van der Waals surface area contributed by atoms with E-state index in [0.29, 0.717) is 51.7 Å². The maximum Gasteiger partial charge on any atom is 0.290 e. The largest absolute Gasteiger partial charge is 0.450 e. The maximum atomic E-state index is 13.2. The minimum Gasteiger partial charge on any atom is -0.450 e. The van der Waals surface area contributed by atoms with Crippen molar-refractivity contribution >= 4 is 33.6 Å². The first kappa shape index (κ1) is 20.0. The Hall–Kier alpha value is -2.90. The van der Waals surface area contributed by atoms with Crippen molar-refractivity contribution in [1.82, 2.24) is 9.80 Å². The minimum atomic E-state index is -0.0589. The summed E-state index contributed by atoms with van der Waals surface area (Å²) in [6.07, 6.45) is 0. The Morgan fingerprint density at radius 1 is 0.935 bits per heavy atom. The molecule has 2 aromatic carbocycles. The Bertz CT molecular complexity index is 1120. The van der Waals surface area contributed by atoms with E-state index in [9.17, 15) is 9.59 Å². The van der Waals surface area contributed by atoms with Crippen LogP contribution in [0.3, 0.4) is 0 Å². The van der Waals surface area contributed by atoms with Gasteiger partial charge in [0.05, 0.1) is 39.4 Å². The van der Waals surface area contributed by atoms with E-state index in [1.807, 2.05) is 47.1 Å². The third-order valence-electron chi connectivity index (χ3n) is 6.55. The molecule has 7 nitrogen and oxygen atoms in total. The summed E-state index contributed by atoms with van der Waals surface area (Å²) < 4.78 is 11.5. The highest BCUT2D eigenvalue weighted by Crippen LogP contribution is 2.32. The molecular formula is C24H28N3O4+. The summed E-state index contributed by atoms with van der Waals surface area (Å²) in [6.45, 7) is 7.82. The molecule has 0 bridgehead atoms. The van der Waals surface area contributed by atoms with Crippen LogP contribution in [0.4, 0.5) is 0 Å². The van der Waals surface area contributed by atoms with Crippen LogP contribution in [0.2, 0.25) is 0 Å². The number of nitrogens with zero attached hydrogens (tertiary/aromatic N) is 2. The van der Waals surface area contributed by atoms with Crippen molar-refractivity contribution in [2.45, 2.75) is 6.92 Å². The van der Waals surface area contributed by atoms with Gasteiger partial charge in [-0.15, -0.1) is 0 Å². The highest BCUT2D eigenvalue weighted by atomic mass is 16.5. The number of furan rings is 1. The second-order valence-corrected chi connectivity index (χ2v) is 8.43. The van der Waals surface area contributed by atoms with Gasteiger partial charge in [-0.3, -0.25) is 9.59 Å². The Morgan fingerprint density at radius 2 is 1.68 bits per heavy atom. The molecule has 2 amide bonds. The number of carbonyl (C=O) groups excluding carboxylic acids is 2. The smallest absolute Gasteiger partial charge is 0.290 e. The zero-order valence-electron chi connectivity index (χ0n) is 17.9. The fourth-order valence-corrected chi connectivity index (χ4v) is 4.64. The molecule has 0 radical (unpaired) electrons. The molecule has 1 N–H and O–H groups in total. The molecule has 3 aromatic rings. The maximum absolute atomic E-state index is 13.2. The Kier molecular flexibility index (Phi) is 5.38. The van der Waals surface area contributed by atoms with Crippen molar-refractivity contribution in [2.24, 2.45) is 0 Å². The molecule has 2 aliphatic rings. The standard InChI is InChI=1S/C24H27N3O4/c1-17-19-7-6-18-4-2-3-5-20(18)23(19)31-22(17)24(29)27-10-8-25(9-11-27)16-21(28)26-12-14-30-15-13-26/h2-7H,8-16H2,1H3/p+1. The summed E-state index contributed by atoms with van der Waals surface area (Å²) in [5.74, 6) is 0.550. The van der Waals surface area contributed by atoms with E-state index in [2.05, 4.69) is 6.07 Å². The molecule has 0 unspecified atom stereocenters. The van der Waals surface area contributed by atoms with Gasteiger partial charge in [-0.2, -0.15) is 0 Å². The molecule has 2 saturated heterocycles. The Morgan fingerprint density at radius 3 is 2.45 bits per heavy atom. The van der Waals surface area contributed by atoms with Crippen LogP contribution in [0.5, 0.6) is 0 Å². The Labute approximate surface area is 181 Å². The second kappa shape index (κ2) is 8.32. The zero-order valence-corrected chi connectivity index (χ0v) is 17.9. The molecule has 7 heteroatoms. The van der Waals surface area contributed by atoms with E-state index in [4.69, 9.17) is 9.15 Å². The van der Waals surface area contributed by atoms with Gasteiger partial charge in [0, 0.05) is 29.4 Å². The lowest BCUT2D eigenvalue weighted by molar-refractivity contribution is -0.896. The summed E-state index contributed by atoms with van der Waals surface area (Å²) in [4.78, 5) is 30.7. The number of benzene rings is 2. The van der Waals surface area contributed by atoms with Crippen LogP contribution < -0.4 is 4.90 Å². The van der Waals surface area contributed by atoms with Gasteiger partial charge in [-0.25, -0.2) is 0 Å². The number of piperazine rings is 1. The SMILES string of the molecule is Cc1c(C(=O)N2CC[NH+](CC(=O)N3CCOCC3)CC2)oc2c1ccc1ccccc12. The Balaban J connectivity index is 1.27. The fraction of sp³-hybridized carbons (Fsp3) is 0.417. The first-order chi connectivity index (χ1) is 15.1. The molecule has 0 atom stereocenters. The van der Waals surface area contributed by atoms with E-state index < -0.39 is 0 Å². The van der Waals surface area contributed by atoms with Gasteiger partial charge in [0.1, 0.15) is 5.58 Å². The highest BCUT2D eigenvalue weighted by molar-refractivity contribution is 6.08. The van der Waals surface area contributed by atoms with Crippen molar-refractivity contribution in [2.75, 3.05) is 59.0 Å². The van der Waals surface area contributed by atoms with Crippen LogP contribution in [0.15, 0.2) is 40.8 Å². The van der Waals surface area contributed by atoms with Crippen LogP contribution in [0.1, 0.15) is 16.1 Å². The molecule has 2 aliphatic heterocycles. The van der Waals surface area contributed by atoms with E-state index in [1.165, 1.54) is 4.90 Å². The average molecular weight is 423 g/mol. The lowest BCUT2D eigenvalue weighted by atomic mass is 10.1. The summed E-state index contributed by atoms with van der Waals surface area (Å²) >= 11 is 0. The predicted molar refractivity (Wildman–Crippen MR) is 117 cm³/mol. The summed E-state index contributed by atoms with van der Waals surface area (Å²) in [6, 6.07) is 12.2. The molecule has 0 aliphatic carbocycles. The van der Waals surface area contributed by atoms with Gasteiger partial charge in [-0.05, 0) is 12.3 Å². The molecule has 31 heavy (non-hydrogen) atoms. The zero-order chi connectivity index (χ0) is 21.4. The monoisotopic (exact) mass is 422 g/mol. The molecule has 162 valence electrons. The number of ether oxygens (including phenoxy) is 1. The highest BCUT2D eigenvalue weighted by Gasteiger charge is 2.30. The van der Waals surface area contributed by atoms with Crippen molar-refractivity contribution < 1.29 is 23.6 Å². The number of nitrogens with one attached hydrogen (secondary N) is 1. The van der Waals surface area contributed by atoms with Crippen LogP contribution >= 0.6 is 0 Å². The first-order valence-corrected chi connectivity index (χ1v) is 11.0. The summed E-state index contributed by atoms with van der Waals surface area (Å²) in [5, 5.41) is 3.12. The number of quaternary nitrogens is 1. The number of hydrogen-bond acceptors (Lipinski definition) is 4. The average Bonchev–Trinajstić information content (AvgIpc) is 3.16. The van der Waals surface area contributed by atoms with Crippen molar-refractivity contribution in [3.8, 4) is 0 Å². The number of rotatable bonds is 3. The molecular weight excluding hydrogens is 394 g/mol. The summed E-state index contributed by atoms with van der Waals surface area (Å²) in [7, 11) is 0. The number of hydrogen-bond donors (Lipinski definition) is 1. The topological polar surface area (TPSA) is 67.4 Å². The normalized spacial score (nSPS) is 18.1. The first-order valence-electron chi connectivity index (χ1n) is 11.0. The molecule has 3 heterocycles. The minimum absolute atomic E-state index is 0.0589. The van der Waals surface area contributed by atoms with Gasteiger partial charge < -0.3 is 23.9 Å². The van der Waals surface area contributed by atoms with Crippen molar-refractivity contribution in [3.05, 3.63) is 47.7 Å². The number of carbonyl (C=O) groups is 2. The van der Waals surface area contributed by atoms with E-state index in [1.54, 1.807) is 0 Å². The van der Waals surface area contributed by atoms with Crippen LogP contribution in [0.25, 0.3) is 21.7 Å². The van der Waals surface area contributed by atoms with Crippen LogP contribution in [-0.2, 0) is 9.53 Å². The second-order valence-electron chi connectivity index (χ2n) is 8.43.